The van der Waals surface area contributed by atoms with E-state index in [9.17, 15) is 18.0 Å². The van der Waals surface area contributed by atoms with Gasteiger partial charge in [0.1, 0.15) is 0 Å². The number of aromatic nitrogens is 1. The molecule has 0 aliphatic carbocycles. The molecule has 1 heterocycles. The van der Waals surface area contributed by atoms with E-state index in [1.54, 1.807) is 0 Å². The molecular formula is C22H29F3N2O2Si. The van der Waals surface area contributed by atoms with E-state index >= 15 is 0 Å². The van der Waals surface area contributed by atoms with Gasteiger partial charge in [0.25, 0.3) is 0 Å². The van der Waals surface area contributed by atoms with E-state index in [0.29, 0.717) is 13.2 Å². The summed E-state index contributed by atoms with van der Waals surface area (Å²) in [5.41, 5.74) is 2.73. The molecular weight excluding hydrogens is 409 g/mol. The highest BCUT2D eigenvalue weighted by Gasteiger charge is 2.38. The summed E-state index contributed by atoms with van der Waals surface area (Å²) in [6.07, 6.45) is 2.67. The maximum atomic E-state index is 12.4. The standard InChI is InChI=1S/C22H29F3N2O2Si/c1-7-12-27-14-17(10-11-26-20(28)22(23,24)25)18-13-16(8-9-19(18)27)15-29-30(5,6)21(2,3)4/h1,8-9,13-14H,10-12,15H2,2-6H3,(H,26,28). The van der Waals surface area contributed by atoms with E-state index < -0.39 is 20.4 Å². The summed E-state index contributed by atoms with van der Waals surface area (Å²) in [6, 6.07) is 5.93. The molecule has 1 aromatic carbocycles. The molecule has 0 bridgehead atoms. The molecule has 0 aliphatic heterocycles. The SMILES string of the molecule is C#CCn1cc(CCNC(=O)C(F)(F)F)c2cc(CO[Si](C)(C)C(C)(C)C)ccc21. The number of carbonyl (C=O) groups is 1. The molecule has 0 radical (unpaired) electrons. The molecule has 2 rings (SSSR count). The Labute approximate surface area is 176 Å². The highest BCUT2D eigenvalue weighted by molar-refractivity contribution is 6.74. The third-order valence-electron chi connectivity index (χ3n) is 5.63. The first-order valence-corrected chi connectivity index (χ1v) is 12.7. The van der Waals surface area contributed by atoms with Gasteiger partial charge in [0.2, 0.25) is 0 Å². The predicted octanol–water partition coefficient (Wildman–Crippen LogP) is 5.02. The Morgan fingerprint density at radius 2 is 1.93 bits per heavy atom. The number of fused-ring (bicyclic) bond motifs is 1. The number of terminal acetylenes is 1. The number of halogens is 3. The molecule has 8 heteroatoms. The number of nitrogens with one attached hydrogen (secondary N) is 1. The average Bonchev–Trinajstić information content (AvgIpc) is 2.96. The lowest BCUT2D eigenvalue weighted by atomic mass is 10.1. The third-order valence-corrected chi connectivity index (χ3v) is 10.1. The van der Waals surface area contributed by atoms with E-state index in [-0.39, 0.29) is 18.0 Å². The van der Waals surface area contributed by atoms with Gasteiger partial charge < -0.3 is 14.3 Å². The maximum Gasteiger partial charge on any atom is 0.471 e. The lowest BCUT2D eigenvalue weighted by Gasteiger charge is -2.36. The molecule has 1 N–H and O–H groups in total. The van der Waals surface area contributed by atoms with Crippen LogP contribution in [0.25, 0.3) is 10.9 Å². The van der Waals surface area contributed by atoms with Crippen molar-refractivity contribution in [1.82, 2.24) is 9.88 Å². The first-order valence-electron chi connectivity index (χ1n) is 9.79. The Kier molecular flexibility index (Phi) is 7.10. The number of alkyl halides is 3. The van der Waals surface area contributed by atoms with Gasteiger partial charge >= 0.3 is 12.1 Å². The van der Waals surface area contributed by atoms with Crippen LogP contribution in [0, 0.1) is 12.3 Å². The van der Waals surface area contributed by atoms with Crippen LogP contribution in [-0.4, -0.2) is 31.5 Å². The molecule has 2 aromatic rings. The Morgan fingerprint density at radius 3 is 2.50 bits per heavy atom. The second-order valence-electron chi connectivity index (χ2n) is 8.89. The van der Waals surface area contributed by atoms with Crippen LogP contribution in [0.1, 0.15) is 31.9 Å². The number of amides is 1. The van der Waals surface area contributed by atoms with Crippen LogP contribution in [0.4, 0.5) is 13.2 Å². The van der Waals surface area contributed by atoms with Crippen molar-refractivity contribution in [2.75, 3.05) is 6.54 Å². The molecule has 0 saturated carbocycles. The first-order chi connectivity index (χ1) is 13.8. The van der Waals surface area contributed by atoms with Gasteiger partial charge in [0.15, 0.2) is 8.32 Å². The van der Waals surface area contributed by atoms with Crippen LogP contribution < -0.4 is 5.32 Å². The van der Waals surface area contributed by atoms with Crippen LogP contribution in [0.3, 0.4) is 0 Å². The lowest BCUT2D eigenvalue weighted by molar-refractivity contribution is -0.173. The number of hydrogen-bond donors (Lipinski definition) is 1. The van der Waals surface area contributed by atoms with Crippen molar-refractivity contribution in [2.24, 2.45) is 0 Å². The Morgan fingerprint density at radius 1 is 1.27 bits per heavy atom. The molecule has 0 saturated heterocycles. The molecule has 1 aromatic heterocycles. The van der Waals surface area contributed by atoms with Crippen molar-refractivity contribution in [3.8, 4) is 12.3 Å². The molecule has 0 spiro atoms. The molecule has 164 valence electrons. The Bertz CT molecular complexity index is 950. The van der Waals surface area contributed by atoms with Gasteiger partial charge in [-0.05, 0) is 47.8 Å². The van der Waals surface area contributed by atoms with Gasteiger partial charge in [-0.2, -0.15) is 13.2 Å². The van der Waals surface area contributed by atoms with Crippen LogP contribution in [0.2, 0.25) is 18.1 Å². The highest BCUT2D eigenvalue weighted by atomic mass is 28.4. The molecule has 0 aliphatic rings. The second-order valence-corrected chi connectivity index (χ2v) is 13.7. The minimum absolute atomic E-state index is 0.0923. The summed E-state index contributed by atoms with van der Waals surface area (Å²) in [4.78, 5) is 11.1. The Balaban J connectivity index is 2.24. The van der Waals surface area contributed by atoms with Crippen LogP contribution in [-0.2, 0) is 28.8 Å². The number of carbonyl (C=O) groups excluding carboxylic acids is 1. The zero-order chi connectivity index (χ0) is 22.7. The molecule has 4 nitrogen and oxygen atoms in total. The van der Waals surface area contributed by atoms with Crippen molar-refractivity contribution in [1.29, 1.82) is 0 Å². The summed E-state index contributed by atoms with van der Waals surface area (Å²) >= 11 is 0. The Hall–Kier alpha value is -2.24. The summed E-state index contributed by atoms with van der Waals surface area (Å²) in [7, 11) is -1.91. The van der Waals surface area contributed by atoms with Crippen molar-refractivity contribution in [3.63, 3.8) is 0 Å². The molecule has 1 amide bonds. The van der Waals surface area contributed by atoms with E-state index in [1.807, 2.05) is 34.3 Å². The van der Waals surface area contributed by atoms with Gasteiger partial charge in [0.05, 0.1) is 13.2 Å². The summed E-state index contributed by atoms with van der Waals surface area (Å²) in [5.74, 6) is 0.653. The number of nitrogens with zero attached hydrogens (tertiary/aromatic N) is 1. The van der Waals surface area contributed by atoms with Gasteiger partial charge in [-0.3, -0.25) is 4.79 Å². The molecule has 0 unspecified atom stereocenters. The minimum Gasteiger partial charge on any atom is -0.413 e. The summed E-state index contributed by atoms with van der Waals surface area (Å²) in [6.45, 7) is 11.6. The smallest absolute Gasteiger partial charge is 0.413 e. The van der Waals surface area contributed by atoms with Crippen molar-refractivity contribution < 1.29 is 22.4 Å². The van der Waals surface area contributed by atoms with E-state index in [1.165, 1.54) is 0 Å². The zero-order valence-electron chi connectivity index (χ0n) is 18.1. The topological polar surface area (TPSA) is 43.3 Å². The van der Waals surface area contributed by atoms with Crippen molar-refractivity contribution in [2.45, 2.75) is 64.7 Å². The van der Waals surface area contributed by atoms with Crippen LogP contribution >= 0.6 is 0 Å². The fraction of sp³-hybridized carbons (Fsp3) is 0.500. The zero-order valence-corrected chi connectivity index (χ0v) is 19.1. The van der Waals surface area contributed by atoms with Gasteiger partial charge in [0, 0.05) is 23.6 Å². The largest absolute Gasteiger partial charge is 0.471 e. The van der Waals surface area contributed by atoms with Gasteiger partial charge in [-0.15, -0.1) is 6.42 Å². The highest BCUT2D eigenvalue weighted by Crippen LogP contribution is 2.37. The number of rotatable bonds is 7. The number of hydrogen-bond acceptors (Lipinski definition) is 2. The quantitative estimate of drug-likeness (QED) is 0.487. The maximum absolute atomic E-state index is 12.4. The summed E-state index contributed by atoms with van der Waals surface area (Å²) in [5, 5.41) is 2.92. The molecule has 0 atom stereocenters. The predicted molar refractivity (Wildman–Crippen MR) is 116 cm³/mol. The minimum atomic E-state index is -4.88. The fourth-order valence-electron chi connectivity index (χ4n) is 2.83. The van der Waals surface area contributed by atoms with Crippen molar-refractivity contribution >= 4 is 25.1 Å². The second kappa shape index (κ2) is 8.86. The monoisotopic (exact) mass is 438 g/mol. The number of benzene rings is 1. The van der Waals surface area contributed by atoms with Gasteiger partial charge in [-0.1, -0.05) is 32.8 Å². The molecule has 0 fully saturated rings. The van der Waals surface area contributed by atoms with Crippen molar-refractivity contribution in [3.05, 3.63) is 35.5 Å². The summed E-state index contributed by atoms with van der Waals surface area (Å²) < 4.78 is 45.4. The fourth-order valence-corrected chi connectivity index (χ4v) is 3.79. The van der Waals surface area contributed by atoms with E-state index in [2.05, 4.69) is 39.8 Å². The van der Waals surface area contributed by atoms with Crippen LogP contribution in [0.5, 0.6) is 0 Å². The lowest BCUT2D eigenvalue weighted by Crippen LogP contribution is -2.40. The average molecular weight is 439 g/mol. The van der Waals surface area contributed by atoms with E-state index in [0.717, 1.165) is 22.0 Å². The van der Waals surface area contributed by atoms with Crippen LogP contribution in [0.15, 0.2) is 24.4 Å². The molecule has 30 heavy (non-hydrogen) atoms. The first kappa shape index (κ1) is 24.0. The normalized spacial score (nSPS) is 12.8. The van der Waals surface area contributed by atoms with Gasteiger partial charge in [-0.25, -0.2) is 0 Å². The third kappa shape index (κ3) is 5.67. The van der Waals surface area contributed by atoms with E-state index in [4.69, 9.17) is 10.8 Å².